The maximum atomic E-state index is 12.8. The van der Waals surface area contributed by atoms with Gasteiger partial charge in [0.25, 0.3) is 0 Å². The second-order valence-corrected chi connectivity index (χ2v) is 7.71. The van der Waals surface area contributed by atoms with Crippen molar-refractivity contribution in [1.29, 1.82) is 0 Å². The number of methoxy groups -OCH3 is 1. The Morgan fingerprint density at radius 1 is 1.31 bits per heavy atom. The molecule has 1 N–H and O–H groups in total. The maximum absolute atomic E-state index is 12.8. The molecule has 0 saturated carbocycles. The summed E-state index contributed by atoms with van der Waals surface area (Å²) in [6.07, 6.45) is 2.72. The van der Waals surface area contributed by atoms with E-state index in [-0.39, 0.29) is 17.7 Å². The number of ether oxygens (including phenoxy) is 1. The molecule has 3 rings (SSSR count). The predicted octanol–water partition coefficient (Wildman–Crippen LogP) is 1.90. The van der Waals surface area contributed by atoms with Crippen molar-refractivity contribution < 1.29 is 14.3 Å². The molecule has 1 aliphatic heterocycles. The summed E-state index contributed by atoms with van der Waals surface area (Å²) in [6, 6.07) is 0. The summed E-state index contributed by atoms with van der Waals surface area (Å²) in [7, 11) is 3.45. The molecule has 1 atom stereocenters. The summed E-state index contributed by atoms with van der Waals surface area (Å²) in [4.78, 5) is 31.5. The van der Waals surface area contributed by atoms with Crippen LogP contribution in [0.5, 0.6) is 5.88 Å². The van der Waals surface area contributed by atoms with E-state index in [1.54, 1.807) is 11.8 Å². The predicted molar refractivity (Wildman–Crippen MR) is 111 cm³/mol. The lowest BCUT2D eigenvalue weighted by molar-refractivity contribution is -0.135. The summed E-state index contributed by atoms with van der Waals surface area (Å²) in [5, 5.41) is 8.15. The Hall–Kier alpha value is -2.64. The monoisotopic (exact) mass is 401 g/mol. The van der Waals surface area contributed by atoms with Crippen molar-refractivity contribution in [2.24, 2.45) is 13.0 Å². The molecule has 158 valence electrons. The average Bonchev–Trinajstić information content (AvgIpc) is 3.03. The number of likely N-dealkylation sites (tertiary alicyclic amines) is 1. The molecule has 0 aliphatic carbocycles. The first-order valence-electron chi connectivity index (χ1n) is 10.3. The highest BCUT2D eigenvalue weighted by atomic mass is 16.5. The van der Waals surface area contributed by atoms with Gasteiger partial charge in [-0.1, -0.05) is 0 Å². The van der Waals surface area contributed by atoms with Crippen LogP contribution in [0.1, 0.15) is 43.0 Å². The van der Waals surface area contributed by atoms with Crippen molar-refractivity contribution in [2.75, 3.05) is 26.7 Å². The lowest BCUT2D eigenvalue weighted by Crippen LogP contribution is -2.45. The van der Waals surface area contributed by atoms with Crippen LogP contribution in [0.4, 0.5) is 0 Å². The number of pyridine rings is 1. The van der Waals surface area contributed by atoms with Gasteiger partial charge in [0.05, 0.1) is 18.4 Å². The summed E-state index contributed by atoms with van der Waals surface area (Å²) in [5.41, 5.74) is 3.82. The summed E-state index contributed by atoms with van der Waals surface area (Å²) < 4.78 is 7.13. The van der Waals surface area contributed by atoms with Crippen molar-refractivity contribution in [3.63, 3.8) is 0 Å². The number of aryl methyl sites for hydroxylation is 3. The lowest BCUT2D eigenvalue weighted by atomic mass is 9.96. The zero-order chi connectivity index (χ0) is 21.1. The number of aromatic nitrogens is 3. The van der Waals surface area contributed by atoms with Crippen LogP contribution in [0.25, 0.3) is 11.0 Å². The third-order valence-corrected chi connectivity index (χ3v) is 5.80. The molecule has 1 fully saturated rings. The van der Waals surface area contributed by atoms with Crippen LogP contribution in [0.2, 0.25) is 0 Å². The molecule has 2 aromatic heterocycles. The Morgan fingerprint density at radius 3 is 2.76 bits per heavy atom. The summed E-state index contributed by atoms with van der Waals surface area (Å²) in [6.45, 7) is 7.77. The average molecular weight is 402 g/mol. The van der Waals surface area contributed by atoms with Crippen LogP contribution in [0.15, 0.2) is 0 Å². The number of piperidine rings is 1. The number of hydrogen-bond acceptors (Lipinski definition) is 5. The molecule has 1 saturated heterocycles. The van der Waals surface area contributed by atoms with Crippen molar-refractivity contribution >= 4 is 22.8 Å². The Balaban J connectivity index is 1.73. The molecule has 2 aromatic rings. The molecule has 1 unspecified atom stereocenters. The van der Waals surface area contributed by atoms with E-state index in [2.05, 4.69) is 10.4 Å². The second-order valence-electron chi connectivity index (χ2n) is 7.71. The van der Waals surface area contributed by atoms with E-state index in [1.165, 1.54) is 0 Å². The van der Waals surface area contributed by atoms with Gasteiger partial charge in [-0.2, -0.15) is 0 Å². The van der Waals surface area contributed by atoms with Crippen LogP contribution in [-0.2, 0) is 23.1 Å². The van der Waals surface area contributed by atoms with E-state index in [4.69, 9.17) is 9.72 Å². The first kappa shape index (κ1) is 21.1. The van der Waals surface area contributed by atoms with Gasteiger partial charge in [0.1, 0.15) is 0 Å². The van der Waals surface area contributed by atoms with Gasteiger partial charge in [-0.25, -0.2) is 9.67 Å². The third-order valence-electron chi connectivity index (χ3n) is 5.80. The molecule has 0 spiro atoms. The lowest BCUT2D eigenvalue weighted by Gasteiger charge is -2.32. The van der Waals surface area contributed by atoms with E-state index in [0.717, 1.165) is 47.2 Å². The molecule has 8 nitrogen and oxygen atoms in total. The van der Waals surface area contributed by atoms with Crippen LogP contribution < -0.4 is 10.1 Å². The third kappa shape index (κ3) is 4.21. The molecular weight excluding hydrogens is 370 g/mol. The summed E-state index contributed by atoms with van der Waals surface area (Å²) >= 11 is 0. The molecule has 3 heterocycles. The number of nitrogens with one attached hydrogen (secondary N) is 1. The Labute approximate surface area is 171 Å². The molecule has 0 bridgehead atoms. The van der Waals surface area contributed by atoms with Gasteiger partial charge in [-0.3, -0.25) is 9.59 Å². The fraction of sp³-hybridized carbons (Fsp3) is 0.619. The van der Waals surface area contributed by atoms with Gasteiger partial charge in [-0.05, 0) is 51.2 Å². The number of hydrogen-bond donors (Lipinski definition) is 1. The molecular formula is C21H31N5O3. The molecule has 2 amide bonds. The first-order chi connectivity index (χ1) is 13.9. The fourth-order valence-electron chi connectivity index (χ4n) is 4.23. The van der Waals surface area contributed by atoms with Crippen LogP contribution in [0.3, 0.4) is 0 Å². The first-order valence-corrected chi connectivity index (χ1v) is 10.3. The fourth-order valence-corrected chi connectivity index (χ4v) is 4.23. The molecule has 8 heteroatoms. The minimum Gasteiger partial charge on any atom is -0.479 e. The standard InChI is InChI=1S/C21H31N5O3/c1-6-22-20(28)15-8-7-11-26(12-15)17(27)10-9-16-13(2)18-19(23-14(16)3)25(4)24-21(18)29-5/h15H,6-12H2,1-5H3,(H,22,28). The Kier molecular flexibility index (Phi) is 6.39. The Morgan fingerprint density at radius 2 is 2.07 bits per heavy atom. The van der Waals surface area contributed by atoms with Crippen LogP contribution >= 0.6 is 0 Å². The second kappa shape index (κ2) is 8.80. The number of carbonyl (C=O) groups excluding carboxylic acids is 2. The van der Waals surface area contributed by atoms with Crippen molar-refractivity contribution in [3.8, 4) is 5.88 Å². The minimum atomic E-state index is -0.103. The number of nitrogens with zero attached hydrogens (tertiary/aromatic N) is 4. The van der Waals surface area contributed by atoms with Gasteiger partial charge < -0.3 is 15.0 Å². The van der Waals surface area contributed by atoms with Gasteiger partial charge in [0.2, 0.25) is 17.7 Å². The molecule has 0 aromatic carbocycles. The Bertz CT molecular complexity index is 921. The number of amides is 2. The van der Waals surface area contributed by atoms with Crippen LogP contribution in [0, 0.1) is 19.8 Å². The zero-order valence-electron chi connectivity index (χ0n) is 18.0. The highest BCUT2D eigenvalue weighted by Gasteiger charge is 2.28. The highest BCUT2D eigenvalue weighted by Crippen LogP contribution is 2.30. The number of carbonyl (C=O) groups is 2. The highest BCUT2D eigenvalue weighted by molar-refractivity contribution is 5.86. The normalized spacial score (nSPS) is 16.9. The quantitative estimate of drug-likeness (QED) is 0.799. The van der Waals surface area contributed by atoms with Gasteiger partial charge >= 0.3 is 0 Å². The van der Waals surface area contributed by atoms with Gasteiger partial charge in [-0.15, -0.1) is 5.10 Å². The minimum absolute atomic E-state index is 0.0509. The van der Waals surface area contributed by atoms with Crippen molar-refractivity contribution in [2.45, 2.75) is 46.5 Å². The van der Waals surface area contributed by atoms with E-state index in [9.17, 15) is 9.59 Å². The van der Waals surface area contributed by atoms with Crippen molar-refractivity contribution in [1.82, 2.24) is 25.0 Å². The maximum Gasteiger partial charge on any atom is 0.242 e. The van der Waals surface area contributed by atoms with Crippen molar-refractivity contribution in [3.05, 3.63) is 16.8 Å². The van der Waals surface area contributed by atoms with E-state index >= 15 is 0 Å². The topological polar surface area (TPSA) is 89.3 Å². The van der Waals surface area contributed by atoms with Gasteiger partial charge in [0, 0.05) is 38.8 Å². The molecule has 0 radical (unpaired) electrons. The largest absolute Gasteiger partial charge is 0.479 e. The summed E-state index contributed by atoms with van der Waals surface area (Å²) in [5.74, 6) is 0.598. The molecule has 29 heavy (non-hydrogen) atoms. The number of fused-ring (bicyclic) bond motifs is 1. The zero-order valence-corrected chi connectivity index (χ0v) is 18.0. The smallest absolute Gasteiger partial charge is 0.242 e. The SMILES string of the molecule is CCNC(=O)C1CCCN(C(=O)CCc2c(C)nc3c(c(OC)nn3C)c2C)C1. The number of rotatable bonds is 6. The van der Waals surface area contributed by atoms with E-state index in [1.807, 2.05) is 32.7 Å². The van der Waals surface area contributed by atoms with Gasteiger partial charge in [0.15, 0.2) is 5.65 Å². The van der Waals surface area contributed by atoms with E-state index in [0.29, 0.717) is 31.8 Å². The van der Waals surface area contributed by atoms with E-state index < -0.39 is 0 Å². The van der Waals surface area contributed by atoms with Crippen LogP contribution in [-0.4, -0.2) is 58.2 Å². The molecule has 1 aliphatic rings.